The number of hydrogen-bond acceptors (Lipinski definition) is 3. The lowest BCUT2D eigenvalue weighted by atomic mass is 9.87. The third-order valence-electron chi connectivity index (χ3n) is 3.61. The molecule has 0 saturated heterocycles. The molecule has 114 valence electrons. The lowest BCUT2D eigenvalue weighted by Gasteiger charge is -2.25. The largest absolute Gasteiger partial charge is 0.477 e. The summed E-state index contributed by atoms with van der Waals surface area (Å²) in [6.07, 6.45) is 5.08. The van der Waals surface area contributed by atoms with E-state index in [1.165, 1.54) is 37.0 Å². The SMILES string of the molecule is CCCCCC(C)(C)CNCc1cc(C(=O)O)sc1C. The van der Waals surface area contributed by atoms with Crippen molar-refractivity contribution in [2.75, 3.05) is 6.54 Å². The Morgan fingerprint density at radius 1 is 1.40 bits per heavy atom. The Bertz CT molecular complexity index is 438. The van der Waals surface area contributed by atoms with Crippen molar-refractivity contribution in [1.29, 1.82) is 0 Å². The number of hydrogen-bond donors (Lipinski definition) is 2. The zero-order valence-electron chi connectivity index (χ0n) is 13.1. The van der Waals surface area contributed by atoms with Crippen LogP contribution in [-0.2, 0) is 6.54 Å². The topological polar surface area (TPSA) is 49.3 Å². The number of carbonyl (C=O) groups is 1. The predicted octanol–water partition coefficient (Wildman–Crippen LogP) is 4.45. The maximum Gasteiger partial charge on any atom is 0.345 e. The van der Waals surface area contributed by atoms with Crippen molar-refractivity contribution in [1.82, 2.24) is 5.32 Å². The molecular formula is C16H27NO2S. The van der Waals surface area contributed by atoms with Crippen molar-refractivity contribution in [2.24, 2.45) is 5.41 Å². The van der Waals surface area contributed by atoms with Gasteiger partial charge in [-0.05, 0) is 30.4 Å². The van der Waals surface area contributed by atoms with Crippen molar-refractivity contribution in [3.8, 4) is 0 Å². The van der Waals surface area contributed by atoms with Gasteiger partial charge in [0.15, 0.2) is 0 Å². The number of unbranched alkanes of at least 4 members (excludes halogenated alkanes) is 2. The zero-order chi connectivity index (χ0) is 15.2. The Hall–Kier alpha value is -0.870. The first-order chi connectivity index (χ1) is 9.35. The molecule has 0 aliphatic heterocycles. The van der Waals surface area contributed by atoms with Gasteiger partial charge in [0.2, 0.25) is 0 Å². The van der Waals surface area contributed by atoms with Crippen LogP contribution in [0.1, 0.15) is 66.6 Å². The second-order valence-electron chi connectivity index (χ2n) is 6.22. The molecule has 1 heterocycles. The van der Waals surface area contributed by atoms with E-state index in [1.54, 1.807) is 6.07 Å². The fraction of sp³-hybridized carbons (Fsp3) is 0.688. The summed E-state index contributed by atoms with van der Waals surface area (Å²) < 4.78 is 0. The van der Waals surface area contributed by atoms with E-state index in [0.29, 0.717) is 10.3 Å². The van der Waals surface area contributed by atoms with Crippen molar-refractivity contribution < 1.29 is 9.90 Å². The quantitative estimate of drug-likeness (QED) is 0.662. The minimum Gasteiger partial charge on any atom is -0.477 e. The first-order valence-electron chi connectivity index (χ1n) is 7.39. The molecule has 1 aromatic rings. The van der Waals surface area contributed by atoms with E-state index in [-0.39, 0.29) is 0 Å². The summed E-state index contributed by atoms with van der Waals surface area (Å²) in [5.41, 5.74) is 1.41. The minimum atomic E-state index is -0.829. The van der Waals surface area contributed by atoms with Crippen LogP contribution in [0.2, 0.25) is 0 Å². The average molecular weight is 297 g/mol. The van der Waals surface area contributed by atoms with E-state index in [4.69, 9.17) is 5.11 Å². The molecule has 2 N–H and O–H groups in total. The Labute approximate surface area is 126 Å². The Morgan fingerprint density at radius 2 is 2.10 bits per heavy atom. The van der Waals surface area contributed by atoms with Crippen LogP contribution in [0.25, 0.3) is 0 Å². The number of aryl methyl sites for hydroxylation is 1. The van der Waals surface area contributed by atoms with Crippen molar-refractivity contribution >= 4 is 17.3 Å². The van der Waals surface area contributed by atoms with E-state index < -0.39 is 5.97 Å². The van der Waals surface area contributed by atoms with Crippen LogP contribution in [0.5, 0.6) is 0 Å². The number of aromatic carboxylic acids is 1. The first-order valence-corrected chi connectivity index (χ1v) is 8.20. The summed E-state index contributed by atoms with van der Waals surface area (Å²) in [4.78, 5) is 12.5. The summed E-state index contributed by atoms with van der Waals surface area (Å²) in [5, 5.41) is 12.5. The molecule has 1 rings (SSSR count). The fourth-order valence-corrected chi connectivity index (χ4v) is 3.16. The van der Waals surface area contributed by atoms with E-state index >= 15 is 0 Å². The van der Waals surface area contributed by atoms with Gasteiger partial charge >= 0.3 is 5.97 Å². The first kappa shape index (κ1) is 17.2. The molecule has 4 heteroatoms. The van der Waals surface area contributed by atoms with Gasteiger partial charge in [-0.15, -0.1) is 11.3 Å². The lowest BCUT2D eigenvalue weighted by Crippen LogP contribution is -2.29. The highest BCUT2D eigenvalue weighted by Gasteiger charge is 2.17. The normalized spacial score (nSPS) is 11.8. The number of rotatable bonds is 9. The molecule has 0 spiro atoms. The van der Waals surface area contributed by atoms with Gasteiger partial charge in [0.1, 0.15) is 4.88 Å². The van der Waals surface area contributed by atoms with E-state index in [2.05, 4.69) is 26.1 Å². The Morgan fingerprint density at radius 3 is 2.65 bits per heavy atom. The summed E-state index contributed by atoms with van der Waals surface area (Å²) in [7, 11) is 0. The number of carboxylic acids is 1. The molecule has 1 aromatic heterocycles. The highest BCUT2D eigenvalue weighted by Crippen LogP contribution is 2.24. The molecule has 0 amide bonds. The summed E-state index contributed by atoms with van der Waals surface area (Å²) in [6.45, 7) is 10.5. The molecule has 0 saturated carbocycles. The van der Waals surface area contributed by atoms with Gasteiger partial charge in [-0.25, -0.2) is 4.79 Å². The lowest BCUT2D eigenvalue weighted by molar-refractivity contribution is 0.0702. The molecule has 0 radical (unpaired) electrons. The van der Waals surface area contributed by atoms with Gasteiger partial charge in [-0.2, -0.15) is 0 Å². The summed E-state index contributed by atoms with van der Waals surface area (Å²) >= 11 is 1.36. The second kappa shape index (κ2) is 7.79. The second-order valence-corrected chi connectivity index (χ2v) is 7.48. The van der Waals surface area contributed by atoms with Crippen molar-refractivity contribution in [3.63, 3.8) is 0 Å². The van der Waals surface area contributed by atoms with Gasteiger partial charge < -0.3 is 10.4 Å². The average Bonchev–Trinajstić information content (AvgIpc) is 2.71. The maximum atomic E-state index is 10.9. The van der Waals surface area contributed by atoms with Gasteiger partial charge in [0, 0.05) is 18.0 Å². The van der Waals surface area contributed by atoms with Crippen LogP contribution in [0.3, 0.4) is 0 Å². The van der Waals surface area contributed by atoms with Crippen LogP contribution in [0.4, 0.5) is 0 Å². The molecule has 0 aromatic carbocycles. The minimum absolute atomic E-state index is 0.300. The van der Waals surface area contributed by atoms with Gasteiger partial charge in [0.05, 0.1) is 0 Å². The Balaban J connectivity index is 2.41. The molecule has 0 unspecified atom stereocenters. The van der Waals surface area contributed by atoms with Gasteiger partial charge in [-0.3, -0.25) is 0 Å². The van der Waals surface area contributed by atoms with Crippen LogP contribution in [-0.4, -0.2) is 17.6 Å². The van der Waals surface area contributed by atoms with Gasteiger partial charge in [0.25, 0.3) is 0 Å². The van der Waals surface area contributed by atoms with Gasteiger partial charge in [-0.1, -0.05) is 40.0 Å². The molecule has 20 heavy (non-hydrogen) atoms. The number of carboxylic acid groups (broad SMARTS) is 1. The number of nitrogens with one attached hydrogen (secondary N) is 1. The summed E-state index contributed by atoms with van der Waals surface area (Å²) in [6, 6.07) is 1.79. The van der Waals surface area contributed by atoms with E-state index in [0.717, 1.165) is 23.5 Å². The van der Waals surface area contributed by atoms with E-state index in [1.807, 2.05) is 6.92 Å². The summed E-state index contributed by atoms with van der Waals surface area (Å²) in [5.74, 6) is -0.829. The molecule has 0 aliphatic rings. The van der Waals surface area contributed by atoms with E-state index in [9.17, 15) is 4.79 Å². The third-order valence-corrected chi connectivity index (χ3v) is 4.69. The highest BCUT2D eigenvalue weighted by atomic mass is 32.1. The van der Waals surface area contributed by atoms with Crippen LogP contribution < -0.4 is 5.32 Å². The third kappa shape index (κ3) is 5.63. The standard InChI is InChI=1S/C16H27NO2S/c1-5-6-7-8-16(3,4)11-17-10-13-9-14(15(18)19)20-12(13)2/h9,17H,5-8,10-11H2,1-4H3,(H,18,19). The predicted molar refractivity (Wildman–Crippen MR) is 85.6 cm³/mol. The highest BCUT2D eigenvalue weighted by molar-refractivity contribution is 7.14. The smallest absolute Gasteiger partial charge is 0.345 e. The molecule has 0 aliphatic carbocycles. The van der Waals surface area contributed by atoms with Crippen LogP contribution >= 0.6 is 11.3 Å². The monoisotopic (exact) mass is 297 g/mol. The van der Waals surface area contributed by atoms with Crippen molar-refractivity contribution in [2.45, 2.75) is 59.9 Å². The zero-order valence-corrected chi connectivity index (χ0v) is 13.9. The van der Waals surface area contributed by atoms with Crippen LogP contribution in [0, 0.1) is 12.3 Å². The molecular weight excluding hydrogens is 270 g/mol. The van der Waals surface area contributed by atoms with Crippen LogP contribution in [0.15, 0.2) is 6.07 Å². The van der Waals surface area contributed by atoms with Crippen molar-refractivity contribution in [3.05, 3.63) is 21.4 Å². The number of thiophene rings is 1. The Kier molecular flexibility index (Phi) is 6.69. The molecule has 0 fully saturated rings. The molecule has 3 nitrogen and oxygen atoms in total. The fourth-order valence-electron chi connectivity index (χ4n) is 2.28. The molecule has 0 atom stereocenters. The molecule has 0 bridgehead atoms. The maximum absolute atomic E-state index is 10.9.